The van der Waals surface area contributed by atoms with Crippen LogP contribution >= 0.6 is 11.8 Å². The van der Waals surface area contributed by atoms with E-state index in [4.69, 9.17) is 5.26 Å². The molecule has 0 heterocycles. The van der Waals surface area contributed by atoms with Crippen LogP contribution in [0, 0.1) is 11.3 Å². The van der Waals surface area contributed by atoms with Gasteiger partial charge in [-0.1, -0.05) is 6.07 Å². The molecule has 1 rings (SSSR count). The summed E-state index contributed by atoms with van der Waals surface area (Å²) in [5.41, 5.74) is -1.91. The molecule has 1 N–H and O–H groups in total. The van der Waals surface area contributed by atoms with E-state index in [1.807, 2.05) is 0 Å². The summed E-state index contributed by atoms with van der Waals surface area (Å²) in [5.74, 6) is -1.57. The minimum absolute atomic E-state index is 0.236. The van der Waals surface area contributed by atoms with Crippen molar-refractivity contribution >= 4 is 28.2 Å². The Hall–Kier alpha value is -1.99. The molecule has 1 aromatic carbocycles. The molecule has 5 nitrogen and oxygen atoms in total. The van der Waals surface area contributed by atoms with E-state index in [-0.39, 0.29) is 21.7 Å². The summed E-state index contributed by atoms with van der Waals surface area (Å²) in [4.78, 5) is 12.5. The van der Waals surface area contributed by atoms with Crippen LogP contribution < -0.4 is 5.32 Å². The van der Waals surface area contributed by atoms with Crippen molar-refractivity contribution < 1.29 is 26.4 Å². The number of alkyl halides is 3. The maximum Gasteiger partial charge on any atom is 0.416 e. The zero-order valence-corrected chi connectivity index (χ0v) is 14.3. The Morgan fingerprint density at radius 1 is 1.38 bits per heavy atom. The molecule has 1 aromatic rings. The van der Waals surface area contributed by atoms with Crippen LogP contribution in [0.3, 0.4) is 0 Å². The first kappa shape index (κ1) is 20.1. The van der Waals surface area contributed by atoms with Crippen molar-refractivity contribution in [1.82, 2.24) is 5.32 Å². The minimum Gasteiger partial charge on any atom is -0.382 e. The fourth-order valence-corrected chi connectivity index (χ4v) is 3.02. The van der Waals surface area contributed by atoms with E-state index in [2.05, 4.69) is 5.32 Å². The molecular formula is C14H13F3N2O3S2. The highest BCUT2D eigenvalue weighted by molar-refractivity contribution is 8.02. The summed E-state index contributed by atoms with van der Waals surface area (Å²) in [6.45, 7) is 0. The fraction of sp³-hybridized carbons (Fsp3) is 0.286. The van der Waals surface area contributed by atoms with Crippen LogP contribution in [0.5, 0.6) is 0 Å². The van der Waals surface area contributed by atoms with Crippen LogP contribution in [0.1, 0.15) is 21.5 Å². The largest absolute Gasteiger partial charge is 0.416 e. The number of thiol groups is 1. The second-order valence-electron chi connectivity index (χ2n) is 4.46. The number of allylic oxidation sites excluding steroid dienone is 1. The summed E-state index contributed by atoms with van der Waals surface area (Å²) < 4.78 is 60.3. The van der Waals surface area contributed by atoms with Crippen LogP contribution in [0.4, 0.5) is 13.2 Å². The summed E-state index contributed by atoms with van der Waals surface area (Å²) in [5, 5.41) is 12.1. The minimum atomic E-state index is -4.67. The van der Waals surface area contributed by atoms with Crippen LogP contribution in [-0.4, -0.2) is 27.5 Å². The third-order valence-corrected chi connectivity index (χ3v) is 4.39. The Kier molecular flexibility index (Phi) is 6.86. The van der Waals surface area contributed by atoms with E-state index < -0.39 is 34.0 Å². The molecule has 0 amide bonds. The van der Waals surface area contributed by atoms with Crippen LogP contribution in [-0.2, 0) is 22.6 Å². The molecule has 0 unspecified atom stereocenters. The molecule has 0 saturated heterocycles. The van der Waals surface area contributed by atoms with E-state index in [9.17, 15) is 26.4 Å². The van der Waals surface area contributed by atoms with Gasteiger partial charge in [-0.05, 0) is 24.0 Å². The van der Waals surface area contributed by atoms with Gasteiger partial charge < -0.3 is 5.32 Å². The molecule has 0 saturated carbocycles. The molecule has 0 aromatic heterocycles. The van der Waals surface area contributed by atoms with Crippen molar-refractivity contribution in [3.05, 3.63) is 45.5 Å². The zero-order valence-electron chi connectivity index (χ0n) is 12.6. The number of carbonyl (C=O) groups excluding carboxylic acids is 1. The molecule has 130 valence electrons. The monoisotopic (exact) mass is 378 g/mol. The van der Waals surface area contributed by atoms with E-state index in [1.165, 1.54) is 7.05 Å². The van der Waals surface area contributed by atoms with E-state index in [0.717, 1.165) is 17.8 Å². The summed E-state index contributed by atoms with van der Waals surface area (Å²) in [7, 11) is -1.57. The van der Waals surface area contributed by atoms with Crippen LogP contribution in [0.15, 0.2) is 28.8 Å². The van der Waals surface area contributed by atoms with Gasteiger partial charge in [0, 0.05) is 12.6 Å². The number of nitriles is 1. The Labute approximate surface area is 142 Å². The van der Waals surface area contributed by atoms with Gasteiger partial charge in [0.2, 0.25) is 5.78 Å². The Morgan fingerprint density at radius 3 is 2.42 bits per heavy atom. The smallest absolute Gasteiger partial charge is 0.382 e. The highest BCUT2D eigenvalue weighted by Crippen LogP contribution is 2.31. The first-order valence-corrected chi connectivity index (χ1v) is 8.97. The number of carbonyl (C=O) groups is 1. The SMILES string of the molecule is CNC(SC)=C(C#N)C(=O)c1ccc(C(F)(F)F)cc1C[SH](=O)=O. The Balaban J connectivity index is 3.55. The number of halogens is 3. The third-order valence-electron chi connectivity index (χ3n) is 2.97. The molecule has 0 aliphatic rings. The van der Waals surface area contributed by atoms with Gasteiger partial charge in [-0.15, -0.1) is 11.8 Å². The van der Waals surface area contributed by atoms with Gasteiger partial charge in [0.15, 0.2) is 0 Å². The summed E-state index contributed by atoms with van der Waals surface area (Å²) in [6.07, 6.45) is -3.06. The lowest BCUT2D eigenvalue weighted by atomic mass is 9.98. The van der Waals surface area contributed by atoms with Gasteiger partial charge in [-0.2, -0.15) is 18.4 Å². The number of rotatable bonds is 6. The van der Waals surface area contributed by atoms with Gasteiger partial charge >= 0.3 is 6.18 Å². The fourth-order valence-electron chi connectivity index (χ4n) is 1.93. The van der Waals surface area contributed by atoms with Crippen molar-refractivity contribution in [3.63, 3.8) is 0 Å². The summed E-state index contributed by atoms with van der Waals surface area (Å²) >= 11 is 1.08. The topological polar surface area (TPSA) is 87.0 Å². The molecule has 0 fully saturated rings. The first-order valence-electron chi connectivity index (χ1n) is 6.38. The first-order chi connectivity index (χ1) is 11.1. The molecule has 0 radical (unpaired) electrons. The second-order valence-corrected chi connectivity index (χ2v) is 6.26. The predicted molar refractivity (Wildman–Crippen MR) is 85.0 cm³/mol. The van der Waals surface area contributed by atoms with E-state index >= 15 is 0 Å². The predicted octanol–water partition coefficient (Wildman–Crippen LogP) is 2.32. The third kappa shape index (κ3) is 4.75. The molecule has 24 heavy (non-hydrogen) atoms. The number of Topliss-reactive ketones (excluding diaryl/α,β-unsaturated/α-hetero) is 1. The van der Waals surface area contributed by atoms with Crippen LogP contribution in [0.2, 0.25) is 0 Å². The van der Waals surface area contributed by atoms with Crippen molar-refractivity contribution in [3.8, 4) is 6.07 Å². The number of hydrogen-bond donors (Lipinski definition) is 2. The maximum atomic E-state index is 12.8. The van der Waals surface area contributed by atoms with E-state index in [0.29, 0.717) is 12.1 Å². The molecule has 10 heteroatoms. The van der Waals surface area contributed by atoms with E-state index in [1.54, 1.807) is 12.3 Å². The summed E-state index contributed by atoms with van der Waals surface area (Å²) in [6, 6.07) is 3.89. The number of ketones is 1. The standard InChI is InChI=1S/C14H13F3N2O3S2/c1-19-13(23-2)11(6-18)12(20)10-4-3-9(14(15,16)17)5-8(10)7-24(21)22/h3-5,19,24H,7H2,1-2H3. The lowest BCUT2D eigenvalue weighted by Gasteiger charge is -2.12. The van der Waals surface area contributed by atoms with Gasteiger partial charge in [-0.3, -0.25) is 4.79 Å². The molecule has 0 atom stereocenters. The van der Waals surface area contributed by atoms with Crippen molar-refractivity contribution in [1.29, 1.82) is 5.26 Å². The van der Waals surface area contributed by atoms with Crippen molar-refractivity contribution in [2.75, 3.05) is 13.3 Å². The number of hydrogen-bond acceptors (Lipinski definition) is 6. The molecule has 0 spiro atoms. The number of benzene rings is 1. The molecular weight excluding hydrogens is 365 g/mol. The Morgan fingerprint density at radius 2 is 2.00 bits per heavy atom. The van der Waals surface area contributed by atoms with Gasteiger partial charge in [0.1, 0.15) is 22.3 Å². The molecule has 0 bridgehead atoms. The number of thioether (sulfide) groups is 1. The lowest BCUT2D eigenvalue weighted by Crippen LogP contribution is -2.15. The molecule has 0 aliphatic carbocycles. The van der Waals surface area contributed by atoms with Gasteiger partial charge in [-0.25, -0.2) is 8.42 Å². The highest BCUT2D eigenvalue weighted by atomic mass is 32.2. The zero-order chi connectivity index (χ0) is 18.5. The average Bonchev–Trinajstić information content (AvgIpc) is 2.50. The quantitative estimate of drug-likeness (QED) is 0.342. The number of nitrogens with one attached hydrogen (secondary N) is 1. The average molecular weight is 378 g/mol. The van der Waals surface area contributed by atoms with Crippen molar-refractivity contribution in [2.45, 2.75) is 11.9 Å². The normalized spacial score (nSPS) is 12.5. The van der Waals surface area contributed by atoms with Gasteiger partial charge in [0.25, 0.3) is 0 Å². The maximum absolute atomic E-state index is 12.8. The second kappa shape index (κ2) is 8.21. The number of nitrogens with zero attached hydrogens (tertiary/aromatic N) is 1. The Bertz CT molecular complexity index is 779. The molecule has 0 aliphatic heterocycles. The van der Waals surface area contributed by atoms with Gasteiger partial charge in [0.05, 0.1) is 16.3 Å². The van der Waals surface area contributed by atoms with Crippen molar-refractivity contribution in [2.24, 2.45) is 0 Å². The van der Waals surface area contributed by atoms with Crippen LogP contribution in [0.25, 0.3) is 0 Å². The highest BCUT2D eigenvalue weighted by Gasteiger charge is 2.32. The lowest BCUT2D eigenvalue weighted by molar-refractivity contribution is -0.137.